The van der Waals surface area contributed by atoms with Gasteiger partial charge in [0.1, 0.15) is 0 Å². The molecular weight excluding hydrogens is 374 g/mol. The van der Waals surface area contributed by atoms with Gasteiger partial charge in [-0.15, -0.1) is 0 Å². The van der Waals surface area contributed by atoms with Crippen LogP contribution < -0.4 is 10.6 Å². The maximum Gasteiger partial charge on any atom is 0.251 e. The molecule has 0 saturated carbocycles. The molecule has 148 valence electrons. The van der Waals surface area contributed by atoms with Crippen LogP contribution in [0.4, 0.5) is 5.69 Å². The number of H-pyrrole nitrogens is 1. The van der Waals surface area contributed by atoms with E-state index in [1.165, 1.54) is 0 Å². The Balaban J connectivity index is 1.39. The first kappa shape index (κ1) is 19.2. The summed E-state index contributed by atoms with van der Waals surface area (Å²) in [6.45, 7) is 3.07. The minimum absolute atomic E-state index is 0.121. The quantitative estimate of drug-likeness (QED) is 0.443. The average Bonchev–Trinajstić information content (AvgIpc) is 3.17. The molecule has 6 nitrogen and oxygen atoms in total. The number of anilines is 1. The summed E-state index contributed by atoms with van der Waals surface area (Å²) < 4.78 is 0. The number of aromatic nitrogens is 3. The Kier molecular flexibility index (Phi) is 5.72. The maximum atomic E-state index is 12.5. The number of carbonyl (C=O) groups is 1. The highest BCUT2D eigenvalue weighted by atomic mass is 16.1. The first-order chi connectivity index (χ1) is 14.7. The summed E-state index contributed by atoms with van der Waals surface area (Å²) in [6, 6.07) is 22.6. The van der Waals surface area contributed by atoms with Crippen molar-refractivity contribution >= 4 is 11.6 Å². The molecule has 0 unspecified atom stereocenters. The van der Waals surface area contributed by atoms with Gasteiger partial charge < -0.3 is 10.6 Å². The Bertz CT molecular complexity index is 1120. The van der Waals surface area contributed by atoms with Crippen molar-refractivity contribution < 1.29 is 4.79 Å². The smallest absolute Gasteiger partial charge is 0.251 e. The van der Waals surface area contributed by atoms with Crippen molar-refractivity contribution in [2.45, 2.75) is 20.0 Å². The van der Waals surface area contributed by atoms with E-state index in [9.17, 15) is 4.79 Å². The summed E-state index contributed by atoms with van der Waals surface area (Å²) in [4.78, 5) is 16.5. The molecule has 0 aliphatic rings. The van der Waals surface area contributed by atoms with Gasteiger partial charge in [-0.25, -0.2) is 0 Å². The summed E-state index contributed by atoms with van der Waals surface area (Å²) in [5.74, 6) is -0.121. The number of hydrogen-bond acceptors (Lipinski definition) is 4. The summed E-state index contributed by atoms with van der Waals surface area (Å²) in [7, 11) is 0. The fourth-order valence-corrected chi connectivity index (χ4v) is 3.13. The van der Waals surface area contributed by atoms with Crippen LogP contribution in [0, 0.1) is 19.1 Å². The third-order valence-electron chi connectivity index (χ3n) is 4.83. The minimum atomic E-state index is -0.121. The van der Waals surface area contributed by atoms with Crippen LogP contribution in [0.1, 0.15) is 27.2 Å². The number of aromatic amines is 1. The predicted molar refractivity (Wildman–Crippen MR) is 116 cm³/mol. The third kappa shape index (κ3) is 4.47. The third-order valence-corrected chi connectivity index (χ3v) is 4.83. The molecule has 0 atom stereocenters. The lowest BCUT2D eigenvalue weighted by Gasteiger charge is -2.09. The standard InChI is InChI=1S/C24H21N5O/c1-17-22(28-29-23(17)19-10-12-25-13-11-19)16-26-21-9-5-8-20(14-21)24(30)27-15-18-6-3-2-4-7-18/h3,5-14,26H,15-16H2,1H3,(H,27,30)(H,28,29). The van der Waals surface area contributed by atoms with E-state index in [1.54, 1.807) is 24.5 Å². The second-order valence-electron chi connectivity index (χ2n) is 6.87. The Morgan fingerprint density at radius 2 is 1.97 bits per heavy atom. The Labute approximate surface area is 175 Å². The number of pyridine rings is 1. The molecule has 1 amide bonds. The van der Waals surface area contributed by atoms with E-state index < -0.39 is 0 Å². The van der Waals surface area contributed by atoms with Gasteiger partial charge in [-0.1, -0.05) is 18.2 Å². The normalized spacial score (nSPS) is 10.3. The molecule has 0 aliphatic carbocycles. The topological polar surface area (TPSA) is 82.7 Å². The lowest BCUT2D eigenvalue weighted by atomic mass is 10.1. The molecule has 0 aliphatic heterocycles. The first-order valence-electron chi connectivity index (χ1n) is 9.64. The summed E-state index contributed by atoms with van der Waals surface area (Å²) in [5.41, 5.74) is 6.47. The molecule has 0 saturated heterocycles. The molecule has 3 N–H and O–H groups in total. The Morgan fingerprint density at radius 1 is 1.10 bits per heavy atom. The van der Waals surface area contributed by atoms with Gasteiger partial charge in [0, 0.05) is 35.8 Å². The fourth-order valence-electron chi connectivity index (χ4n) is 3.13. The molecular formula is C24H21N5O. The second-order valence-corrected chi connectivity index (χ2v) is 6.87. The van der Waals surface area contributed by atoms with Crippen molar-refractivity contribution in [2.75, 3.05) is 5.32 Å². The number of amides is 1. The molecule has 0 fully saturated rings. The van der Waals surface area contributed by atoms with Crippen molar-refractivity contribution in [1.29, 1.82) is 0 Å². The van der Waals surface area contributed by atoms with Crippen LogP contribution in [0.5, 0.6) is 0 Å². The molecule has 2 heterocycles. The molecule has 2 aromatic heterocycles. The highest BCUT2D eigenvalue weighted by Crippen LogP contribution is 2.23. The molecule has 30 heavy (non-hydrogen) atoms. The van der Waals surface area contributed by atoms with Crippen molar-refractivity contribution in [1.82, 2.24) is 20.5 Å². The van der Waals surface area contributed by atoms with Crippen LogP contribution in [0.3, 0.4) is 0 Å². The van der Waals surface area contributed by atoms with E-state index in [1.807, 2.05) is 49.4 Å². The van der Waals surface area contributed by atoms with Crippen LogP contribution in [0.15, 0.2) is 67.0 Å². The summed E-state index contributed by atoms with van der Waals surface area (Å²) in [5, 5.41) is 13.8. The monoisotopic (exact) mass is 395 g/mol. The zero-order valence-electron chi connectivity index (χ0n) is 16.6. The lowest BCUT2D eigenvalue weighted by Crippen LogP contribution is -2.22. The number of nitrogens with one attached hydrogen (secondary N) is 3. The minimum Gasteiger partial charge on any atom is -0.379 e. The lowest BCUT2D eigenvalue weighted by molar-refractivity contribution is 0.0951. The van der Waals surface area contributed by atoms with Crippen molar-refractivity contribution in [2.24, 2.45) is 0 Å². The highest BCUT2D eigenvalue weighted by Gasteiger charge is 2.11. The molecule has 4 rings (SSSR count). The van der Waals surface area contributed by atoms with E-state index in [0.29, 0.717) is 18.7 Å². The maximum absolute atomic E-state index is 12.5. The average molecular weight is 395 g/mol. The largest absolute Gasteiger partial charge is 0.379 e. The van der Waals surface area contributed by atoms with E-state index in [4.69, 9.17) is 0 Å². The van der Waals surface area contributed by atoms with E-state index >= 15 is 0 Å². The van der Waals surface area contributed by atoms with Gasteiger partial charge in [0.15, 0.2) is 0 Å². The SMILES string of the molecule is Cc1c(-c2ccncc2)n[nH]c1CNc1cccc(C(=O)NCc2cc#ccc2)c1. The van der Waals surface area contributed by atoms with E-state index in [-0.39, 0.29) is 5.91 Å². The number of benzene rings is 1. The van der Waals surface area contributed by atoms with Gasteiger partial charge in [0.25, 0.3) is 5.91 Å². The zero-order valence-corrected chi connectivity index (χ0v) is 16.6. The predicted octanol–water partition coefficient (Wildman–Crippen LogP) is 3.92. The van der Waals surface area contributed by atoms with Gasteiger partial charge in [-0.2, -0.15) is 5.10 Å². The van der Waals surface area contributed by atoms with Gasteiger partial charge in [0.2, 0.25) is 0 Å². The summed E-state index contributed by atoms with van der Waals surface area (Å²) in [6.07, 6.45) is 3.51. The Morgan fingerprint density at radius 3 is 2.77 bits per heavy atom. The van der Waals surface area contributed by atoms with Gasteiger partial charge in [-0.05, 0) is 66.6 Å². The fraction of sp³-hybridized carbons (Fsp3) is 0.125. The van der Waals surface area contributed by atoms with Crippen molar-refractivity contribution in [3.05, 3.63) is 102 Å². The van der Waals surface area contributed by atoms with Gasteiger partial charge >= 0.3 is 0 Å². The second kappa shape index (κ2) is 8.93. The Hall–Kier alpha value is -4.11. The van der Waals surface area contributed by atoms with Gasteiger partial charge in [0.05, 0.1) is 17.9 Å². The molecule has 0 spiro atoms. The number of rotatable bonds is 7. The van der Waals surface area contributed by atoms with Crippen LogP contribution in [-0.2, 0) is 13.1 Å². The molecule has 0 bridgehead atoms. The number of hydrogen-bond donors (Lipinski definition) is 3. The zero-order chi connectivity index (χ0) is 20.8. The van der Waals surface area contributed by atoms with Crippen molar-refractivity contribution in [3.8, 4) is 11.3 Å². The van der Waals surface area contributed by atoms with Gasteiger partial charge in [-0.3, -0.25) is 14.9 Å². The van der Waals surface area contributed by atoms with Crippen LogP contribution in [0.25, 0.3) is 11.3 Å². The highest BCUT2D eigenvalue weighted by molar-refractivity contribution is 5.95. The van der Waals surface area contributed by atoms with E-state index in [0.717, 1.165) is 33.8 Å². The molecule has 6 heteroatoms. The number of nitrogens with zero attached hydrogens (tertiary/aromatic N) is 2. The van der Waals surface area contributed by atoms with Crippen molar-refractivity contribution in [3.63, 3.8) is 0 Å². The first-order valence-corrected chi connectivity index (χ1v) is 9.64. The van der Waals surface area contributed by atoms with Crippen LogP contribution in [0.2, 0.25) is 0 Å². The van der Waals surface area contributed by atoms with Crippen LogP contribution >= 0.6 is 0 Å². The number of carbonyl (C=O) groups excluding carboxylic acids is 1. The van der Waals surface area contributed by atoms with E-state index in [2.05, 4.69) is 37.9 Å². The molecule has 0 radical (unpaired) electrons. The molecule has 4 aromatic rings. The molecule has 2 aromatic carbocycles. The van der Waals surface area contributed by atoms with Crippen LogP contribution in [-0.4, -0.2) is 21.1 Å². The summed E-state index contributed by atoms with van der Waals surface area (Å²) >= 11 is 0.